The third kappa shape index (κ3) is 17.5. The zero-order chi connectivity index (χ0) is 14.2. The van der Waals surface area contributed by atoms with Crippen LogP contribution in [0, 0.1) is 6.42 Å². The summed E-state index contributed by atoms with van der Waals surface area (Å²) in [5, 5.41) is 8.50. The Labute approximate surface area is 120 Å². The number of hydrogen-bond acceptors (Lipinski definition) is 1. The van der Waals surface area contributed by atoms with E-state index in [1.807, 2.05) is 0 Å². The number of carboxylic acid groups (broad SMARTS) is 1. The van der Waals surface area contributed by atoms with Crippen molar-refractivity contribution in [3.8, 4) is 0 Å². The molecule has 0 heterocycles. The Morgan fingerprint density at radius 3 is 1.79 bits per heavy atom. The van der Waals surface area contributed by atoms with Gasteiger partial charge in [-0.15, -0.1) is 0 Å². The third-order valence-corrected chi connectivity index (χ3v) is 3.56. The Morgan fingerprint density at radius 2 is 1.26 bits per heavy atom. The van der Waals surface area contributed by atoms with Crippen molar-refractivity contribution in [2.75, 3.05) is 0 Å². The van der Waals surface area contributed by atoms with Crippen LogP contribution in [-0.2, 0) is 4.79 Å². The molecule has 0 fully saturated rings. The number of carboxylic acids is 1. The van der Waals surface area contributed by atoms with E-state index in [9.17, 15) is 4.79 Å². The standard InChI is InChI=1S/C17H33O2/c1-2-3-4-5-6-7-8-9-10-11-12-13-14-15-16-17(18)19/h11H,2-10,12-16H2,1H3,(H,18,19). The molecule has 0 saturated carbocycles. The molecular weight excluding hydrogens is 236 g/mol. The molecule has 0 aliphatic rings. The van der Waals surface area contributed by atoms with Gasteiger partial charge in [0.15, 0.2) is 0 Å². The monoisotopic (exact) mass is 269 g/mol. The summed E-state index contributed by atoms with van der Waals surface area (Å²) in [4.78, 5) is 10.3. The largest absolute Gasteiger partial charge is 0.481 e. The minimum atomic E-state index is -0.664. The van der Waals surface area contributed by atoms with Crippen molar-refractivity contribution >= 4 is 5.97 Å². The molecule has 0 aliphatic carbocycles. The van der Waals surface area contributed by atoms with Crippen LogP contribution in [0.3, 0.4) is 0 Å². The molecule has 113 valence electrons. The normalized spacial score (nSPS) is 10.8. The van der Waals surface area contributed by atoms with Gasteiger partial charge in [0.1, 0.15) is 0 Å². The van der Waals surface area contributed by atoms with Crippen LogP contribution < -0.4 is 0 Å². The van der Waals surface area contributed by atoms with Gasteiger partial charge in [0.05, 0.1) is 0 Å². The maximum atomic E-state index is 10.3. The maximum absolute atomic E-state index is 10.3. The highest BCUT2D eigenvalue weighted by Crippen LogP contribution is 2.12. The van der Waals surface area contributed by atoms with Crippen molar-refractivity contribution in [1.29, 1.82) is 0 Å². The highest BCUT2D eigenvalue weighted by molar-refractivity contribution is 5.66. The Morgan fingerprint density at radius 1 is 0.789 bits per heavy atom. The molecule has 1 N–H and O–H groups in total. The lowest BCUT2D eigenvalue weighted by atomic mass is 10.0. The van der Waals surface area contributed by atoms with Crippen molar-refractivity contribution in [3.63, 3.8) is 0 Å². The second kappa shape index (κ2) is 15.5. The lowest BCUT2D eigenvalue weighted by Gasteiger charge is -2.02. The van der Waals surface area contributed by atoms with Crippen LogP contribution in [0.2, 0.25) is 0 Å². The topological polar surface area (TPSA) is 37.3 Å². The quantitative estimate of drug-likeness (QED) is 0.384. The number of rotatable bonds is 15. The SMILES string of the molecule is CCCCCCCCCC[CH]CCCCCC(=O)O. The molecular formula is C17H33O2. The molecule has 0 aromatic heterocycles. The highest BCUT2D eigenvalue weighted by Gasteiger charge is 1.97. The van der Waals surface area contributed by atoms with Gasteiger partial charge >= 0.3 is 5.97 Å². The minimum Gasteiger partial charge on any atom is -0.481 e. The van der Waals surface area contributed by atoms with Gasteiger partial charge in [0, 0.05) is 6.42 Å². The van der Waals surface area contributed by atoms with Gasteiger partial charge in [-0.3, -0.25) is 4.79 Å². The number of aliphatic carboxylic acids is 1. The first kappa shape index (κ1) is 18.5. The molecule has 0 aliphatic heterocycles. The molecule has 0 aromatic carbocycles. The van der Waals surface area contributed by atoms with E-state index in [4.69, 9.17) is 5.11 Å². The van der Waals surface area contributed by atoms with Crippen LogP contribution in [0.15, 0.2) is 0 Å². The highest BCUT2D eigenvalue weighted by atomic mass is 16.4. The fourth-order valence-corrected chi connectivity index (χ4v) is 2.31. The van der Waals surface area contributed by atoms with Gasteiger partial charge in [-0.2, -0.15) is 0 Å². The second-order valence-electron chi connectivity index (χ2n) is 5.55. The molecule has 2 heteroatoms. The molecule has 0 aromatic rings. The van der Waals surface area contributed by atoms with Crippen molar-refractivity contribution in [3.05, 3.63) is 6.42 Å². The van der Waals surface area contributed by atoms with Crippen molar-refractivity contribution in [2.45, 2.75) is 96.8 Å². The fourth-order valence-electron chi connectivity index (χ4n) is 2.31. The molecule has 1 radical (unpaired) electrons. The molecule has 19 heavy (non-hydrogen) atoms. The summed E-state index contributed by atoms with van der Waals surface area (Å²) in [5.41, 5.74) is 0. The van der Waals surface area contributed by atoms with E-state index in [1.54, 1.807) is 0 Å². The smallest absolute Gasteiger partial charge is 0.303 e. The van der Waals surface area contributed by atoms with E-state index in [2.05, 4.69) is 13.3 Å². The Hall–Kier alpha value is -0.530. The predicted octanol–water partition coefficient (Wildman–Crippen LogP) is 5.76. The number of carbonyl (C=O) groups is 1. The van der Waals surface area contributed by atoms with Crippen molar-refractivity contribution in [2.24, 2.45) is 0 Å². The lowest BCUT2D eigenvalue weighted by Crippen LogP contribution is -1.93. The number of hydrogen-bond donors (Lipinski definition) is 1. The maximum Gasteiger partial charge on any atom is 0.303 e. The summed E-state index contributed by atoms with van der Waals surface area (Å²) in [7, 11) is 0. The Balaban J connectivity index is 2.93. The lowest BCUT2D eigenvalue weighted by molar-refractivity contribution is -0.137. The summed E-state index contributed by atoms with van der Waals surface area (Å²) < 4.78 is 0. The average molecular weight is 269 g/mol. The first-order chi connectivity index (χ1) is 9.27. The zero-order valence-electron chi connectivity index (χ0n) is 12.8. The van der Waals surface area contributed by atoms with E-state index in [0.717, 1.165) is 25.7 Å². The average Bonchev–Trinajstić information content (AvgIpc) is 2.39. The van der Waals surface area contributed by atoms with E-state index in [1.165, 1.54) is 57.8 Å². The summed E-state index contributed by atoms with van der Waals surface area (Å²) in [6.45, 7) is 2.26. The van der Waals surface area contributed by atoms with Gasteiger partial charge in [-0.25, -0.2) is 0 Å². The summed E-state index contributed by atoms with van der Waals surface area (Å²) in [6, 6.07) is 0. The van der Waals surface area contributed by atoms with Crippen LogP contribution in [0.5, 0.6) is 0 Å². The van der Waals surface area contributed by atoms with Gasteiger partial charge in [0.25, 0.3) is 0 Å². The summed E-state index contributed by atoms with van der Waals surface area (Å²) in [6.07, 6.45) is 19.3. The van der Waals surface area contributed by atoms with Crippen LogP contribution in [0.1, 0.15) is 96.8 Å². The first-order valence-electron chi connectivity index (χ1n) is 8.30. The second-order valence-corrected chi connectivity index (χ2v) is 5.55. The molecule has 0 unspecified atom stereocenters. The molecule has 0 amide bonds. The third-order valence-electron chi connectivity index (χ3n) is 3.56. The van der Waals surface area contributed by atoms with Crippen LogP contribution in [0.4, 0.5) is 0 Å². The van der Waals surface area contributed by atoms with Crippen molar-refractivity contribution in [1.82, 2.24) is 0 Å². The summed E-state index contributed by atoms with van der Waals surface area (Å²) >= 11 is 0. The Kier molecular flexibility index (Phi) is 15.1. The predicted molar refractivity (Wildman–Crippen MR) is 82.2 cm³/mol. The first-order valence-corrected chi connectivity index (χ1v) is 8.30. The van der Waals surface area contributed by atoms with Crippen LogP contribution in [0.25, 0.3) is 0 Å². The zero-order valence-corrected chi connectivity index (χ0v) is 12.8. The Bertz CT molecular complexity index is 190. The molecule has 0 rings (SSSR count). The van der Waals surface area contributed by atoms with Crippen LogP contribution >= 0.6 is 0 Å². The summed E-state index contributed by atoms with van der Waals surface area (Å²) in [5.74, 6) is -0.664. The van der Waals surface area contributed by atoms with E-state index in [-0.39, 0.29) is 0 Å². The fraction of sp³-hybridized carbons (Fsp3) is 0.882. The molecule has 2 nitrogen and oxygen atoms in total. The van der Waals surface area contributed by atoms with Crippen LogP contribution in [-0.4, -0.2) is 11.1 Å². The van der Waals surface area contributed by atoms with Gasteiger partial charge in [-0.05, 0) is 12.8 Å². The van der Waals surface area contributed by atoms with Crippen molar-refractivity contribution < 1.29 is 9.90 Å². The number of unbranched alkanes of at least 4 members (excludes halogenated alkanes) is 13. The van der Waals surface area contributed by atoms with E-state index < -0.39 is 5.97 Å². The van der Waals surface area contributed by atoms with Gasteiger partial charge in [0.2, 0.25) is 0 Å². The molecule has 0 atom stereocenters. The van der Waals surface area contributed by atoms with E-state index in [0.29, 0.717) is 6.42 Å². The van der Waals surface area contributed by atoms with Gasteiger partial charge < -0.3 is 5.11 Å². The molecule has 0 spiro atoms. The van der Waals surface area contributed by atoms with E-state index >= 15 is 0 Å². The minimum absolute atomic E-state index is 0.331. The molecule has 0 bridgehead atoms. The van der Waals surface area contributed by atoms with Gasteiger partial charge in [-0.1, -0.05) is 84.0 Å². The molecule has 0 saturated heterocycles.